The van der Waals surface area contributed by atoms with Crippen LogP contribution in [0.1, 0.15) is 10.4 Å². The van der Waals surface area contributed by atoms with E-state index in [-0.39, 0.29) is 18.4 Å². The minimum absolute atomic E-state index is 0.130. The van der Waals surface area contributed by atoms with Crippen molar-refractivity contribution in [2.75, 3.05) is 55.8 Å². The molecule has 1 aliphatic rings. The molecule has 196 valence electrons. The lowest BCUT2D eigenvalue weighted by molar-refractivity contribution is -0.118. The Labute approximate surface area is 223 Å². The normalized spacial score (nSPS) is 13.7. The molecule has 1 aliphatic heterocycles. The first-order chi connectivity index (χ1) is 18.5. The molecule has 0 spiro atoms. The van der Waals surface area contributed by atoms with E-state index in [1.165, 1.54) is 6.20 Å². The van der Waals surface area contributed by atoms with E-state index >= 15 is 0 Å². The first kappa shape index (κ1) is 25.4. The fraction of sp³-hybridized carbons (Fsp3) is 0.240. The van der Waals surface area contributed by atoms with Crippen LogP contribution < -0.4 is 21.3 Å². The fourth-order valence-corrected chi connectivity index (χ4v) is 4.16. The van der Waals surface area contributed by atoms with Crippen LogP contribution in [0.25, 0.3) is 10.9 Å². The number of para-hydroxylation sites is 1. The van der Waals surface area contributed by atoms with Crippen LogP contribution in [0.15, 0.2) is 48.7 Å². The second kappa shape index (κ2) is 11.4. The second-order valence-electron chi connectivity index (χ2n) is 8.53. The van der Waals surface area contributed by atoms with Gasteiger partial charge in [-0.2, -0.15) is 10.1 Å². The molecule has 2 aromatic carbocycles. The molecule has 2 amide bonds. The van der Waals surface area contributed by atoms with Crippen molar-refractivity contribution in [3.63, 3.8) is 0 Å². The average molecular weight is 536 g/mol. The largest absolute Gasteiger partial charge is 0.379 e. The standard InChI is InChI=1S/C25H26ClN9O3/c1-27-24(37)17-4-2-3-5-19(17)30-23-18(26)13-28-25(32-23)29-15-6-7-16-20(12-15)33-34-22(16)31-21(36)14-35-8-10-38-11-9-35/h2-7,12-13H,8-11,14H2,1H3,(H,27,37)(H2,28,29,30,32)(H2,31,33,34,36). The van der Waals surface area contributed by atoms with Gasteiger partial charge < -0.3 is 26.0 Å². The third-order valence-corrected chi connectivity index (χ3v) is 6.22. The highest BCUT2D eigenvalue weighted by Crippen LogP contribution is 2.28. The van der Waals surface area contributed by atoms with E-state index in [0.29, 0.717) is 52.8 Å². The predicted molar refractivity (Wildman–Crippen MR) is 145 cm³/mol. The number of nitrogens with one attached hydrogen (secondary N) is 5. The Bertz CT molecular complexity index is 1470. The van der Waals surface area contributed by atoms with Gasteiger partial charge in [0.1, 0.15) is 5.02 Å². The minimum atomic E-state index is -0.235. The number of rotatable bonds is 8. The maximum absolute atomic E-state index is 12.5. The Morgan fingerprint density at radius 3 is 2.74 bits per heavy atom. The topological polar surface area (TPSA) is 149 Å². The van der Waals surface area contributed by atoms with E-state index in [2.05, 4.69) is 41.4 Å². The van der Waals surface area contributed by atoms with Gasteiger partial charge in [0.05, 0.1) is 42.7 Å². The SMILES string of the molecule is CNC(=O)c1ccccc1Nc1nc(Nc2ccc3c(NC(=O)CN4CCOCC4)n[nH]c3c2)ncc1Cl. The summed E-state index contributed by atoms with van der Waals surface area (Å²) in [5, 5.41) is 20.0. The molecule has 0 bridgehead atoms. The quantitative estimate of drug-likeness (QED) is 0.229. The van der Waals surface area contributed by atoms with Crippen LogP contribution in [0.4, 0.5) is 29.0 Å². The Morgan fingerprint density at radius 2 is 1.92 bits per heavy atom. The van der Waals surface area contributed by atoms with Gasteiger partial charge in [0.25, 0.3) is 5.91 Å². The monoisotopic (exact) mass is 535 g/mol. The molecule has 0 aliphatic carbocycles. The second-order valence-corrected chi connectivity index (χ2v) is 8.94. The number of hydrogen-bond donors (Lipinski definition) is 5. The number of hydrogen-bond acceptors (Lipinski definition) is 9. The molecule has 1 saturated heterocycles. The predicted octanol–water partition coefficient (Wildman–Crippen LogP) is 3.12. The summed E-state index contributed by atoms with van der Waals surface area (Å²) in [6.07, 6.45) is 1.47. The lowest BCUT2D eigenvalue weighted by atomic mass is 10.1. The molecule has 0 saturated carbocycles. The molecule has 0 radical (unpaired) electrons. The van der Waals surface area contributed by atoms with Crippen LogP contribution in [-0.4, -0.2) is 76.8 Å². The Kier molecular flexibility index (Phi) is 7.63. The lowest BCUT2D eigenvalue weighted by Crippen LogP contribution is -2.41. The molecule has 38 heavy (non-hydrogen) atoms. The lowest BCUT2D eigenvalue weighted by Gasteiger charge is -2.25. The van der Waals surface area contributed by atoms with Crippen molar-refractivity contribution in [1.29, 1.82) is 0 Å². The summed E-state index contributed by atoms with van der Waals surface area (Å²) in [5.41, 5.74) is 2.44. The van der Waals surface area contributed by atoms with Gasteiger partial charge in [0.15, 0.2) is 11.6 Å². The number of fused-ring (bicyclic) bond motifs is 1. The van der Waals surface area contributed by atoms with Crippen molar-refractivity contribution in [2.24, 2.45) is 0 Å². The molecule has 12 nitrogen and oxygen atoms in total. The average Bonchev–Trinajstić information content (AvgIpc) is 3.32. The zero-order valence-electron chi connectivity index (χ0n) is 20.5. The number of aromatic nitrogens is 4. The number of amides is 2. The smallest absolute Gasteiger partial charge is 0.253 e. The Morgan fingerprint density at radius 1 is 1.11 bits per heavy atom. The maximum atomic E-state index is 12.5. The van der Waals surface area contributed by atoms with E-state index in [0.717, 1.165) is 24.0 Å². The molecular formula is C25H26ClN9O3. The number of halogens is 1. The molecule has 0 unspecified atom stereocenters. The van der Waals surface area contributed by atoms with Crippen LogP contribution in [-0.2, 0) is 9.53 Å². The van der Waals surface area contributed by atoms with Gasteiger partial charge in [-0.25, -0.2) is 4.98 Å². The van der Waals surface area contributed by atoms with Crippen molar-refractivity contribution >= 4 is 63.3 Å². The van der Waals surface area contributed by atoms with Gasteiger partial charge in [-0.3, -0.25) is 19.6 Å². The molecule has 0 atom stereocenters. The molecule has 1 fully saturated rings. The Balaban J connectivity index is 1.29. The van der Waals surface area contributed by atoms with Crippen molar-refractivity contribution < 1.29 is 14.3 Å². The number of ether oxygens (including phenoxy) is 1. The summed E-state index contributed by atoms with van der Waals surface area (Å²) in [4.78, 5) is 35.5. The van der Waals surface area contributed by atoms with Crippen molar-refractivity contribution in [3.8, 4) is 0 Å². The fourth-order valence-electron chi connectivity index (χ4n) is 4.02. The number of anilines is 5. The van der Waals surface area contributed by atoms with Crippen LogP contribution in [0.2, 0.25) is 5.02 Å². The van der Waals surface area contributed by atoms with E-state index in [4.69, 9.17) is 16.3 Å². The van der Waals surface area contributed by atoms with Crippen LogP contribution >= 0.6 is 11.6 Å². The molecule has 3 heterocycles. The van der Waals surface area contributed by atoms with Crippen molar-refractivity contribution in [1.82, 2.24) is 30.4 Å². The van der Waals surface area contributed by atoms with Gasteiger partial charge in [-0.1, -0.05) is 23.7 Å². The number of benzene rings is 2. The summed E-state index contributed by atoms with van der Waals surface area (Å²) >= 11 is 6.33. The first-order valence-electron chi connectivity index (χ1n) is 12.0. The maximum Gasteiger partial charge on any atom is 0.253 e. The van der Waals surface area contributed by atoms with Crippen molar-refractivity contribution in [2.45, 2.75) is 0 Å². The molecule has 4 aromatic rings. The molecule has 13 heteroatoms. The summed E-state index contributed by atoms with van der Waals surface area (Å²) in [5.74, 6) is 0.741. The summed E-state index contributed by atoms with van der Waals surface area (Å²) in [7, 11) is 1.57. The first-order valence-corrected chi connectivity index (χ1v) is 12.3. The highest BCUT2D eigenvalue weighted by molar-refractivity contribution is 6.33. The van der Waals surface area contributed by atoms with Crippen molar-refractivity contribution in [3.05, 3.63) is 59.2 Å². The number of morpholine rings is 1. The van der Waals surface area contributed by atoms with E-state index < -0.39 is 0 Å². The summed E-state index contributed by atoms with van der Waals surface area (Å²) < 4.78 is 5.32. The van der Waals surface area contributed by atoms with Crippen LogP contribution in [0, 0.1) is 0 Å². The number of nitrogens with zero attached hydrogens (tertiary/aromatic N) is 4. The van der Waals surface area contributed by atoms with Gasteiger partial charge >= 0.3 is 0 Å². The molecule has 5 N–H and O–H groups in total. The zero-order chi connectivity index (χ0) is 26.5. The zero-order valence-corrected chi connectivity index (χ0v) is 21.3. The molecule has 2 aromatic heterocycles. The third kappa shape index (κ3) is 5.83. The van der Waals surface area contributed by atoms with Gasteiger partial charge in [0.2, 0.25) is 11.9 Å². The number of carbonyl (C=O) groups is 2. The molecular weight excluding hydrogens is 510 g/mol. The van der Waals surface area contributed by atoms with E-state index in [1.807, 2.05) is 29.2 Å². The highest BCUT2D eigenvalue weighted by atomic mass is 35.5. The third-order valence-electron chi connectivity index (χ3n) is 5.94. The number of H-pyrrole nitrogens is 1. The Hall–Kier alpha value is -4.26. The summed E-state index contributed by atoms with van der Waals surface area (Å²) in [6, 6.07) is 12.6. The van der Waals surface area contributed by atoms with Crippen LogP contribution in [0.3, 0.4) is 0 Å². The van der Waals surface area contributed by atoms with Crippen LogP contribution in [0.5, 0.6) is 0 Å². The molecule has 5 rings (SSSR count). The van der Waals surface area contributed by atoms with Gasteiger partial charge in [0, 0.05) is 31.2 Å². The van der Waals surface area contributed by atoms with E-state index in [9.17, 15) is 9.59 Å². The summed E-state index contributed by atoms with van der Waals surface area (Å²) in [6.45, 7) is 3.01. The van der Waals surface area contributed by atoms with E-state index in [1.54, 1.807) is 25.2 Å². The highest BCUT2D eigenvalue weighted by Gasteiger charge is 2.17. The van der Waals surface area contributed by atoms with Gasteiger partial charge in [-0.05, 0) is 30.3 Å². The van der Waals surface area contributed by atoms with Gasteiger partial charge in [-0.15, -0.1) is 0 Å². The number of carbonyl (C=O) groups excluding carboxylic acids is 2. The number of aromatic amines is 1. The minimum Gasteiger partial charge on any atom is -0.379 e.